The summed E-state index contributed by atoms with van der Waals surface area (Å²) in [6.07, 6.45) is 0. The summed E-state index contributed by atoms with van der Waals surface area (Å²) in [7, 11) is 0. The SMILES string of the molecule is Cc1cc(NC(=O)c2ccc(C(=O)Nc3cc(C)nc4ccccc34)cc2)c2ccccc2n1.Cl. The summed E-state index contributed by atoms with van der Waals surface area (Å²) in [5, 5.41) is 7.69. The Morgan fingerprint density at radius 1 is 0.600 bits per heavy atom. The molecule has 0 aliphatic carbocycles. The van der Waals surface area contributed by atoms with Crippen LogP contribution in [0, 0.1) is 13.8 Å². The molecule has 0 saturated carbocycles. The monoisotopic (exact) mass is 482 g/mol. The molecule has 0 saturated heterocycles. The van der Waals surface area contributed by atoms with Crippen molar-refractivity contribution in [3.05, 3.63) is 107 Å². The molecule has 0 radical (unpaired) electrons. The van der Waals surface area contributed by atoms with Crippen molar-refractivity contribution in [2.75, 3.05) is 10.6 Å². The Kier molecular flexibility index (Phi) is 6.75. The molecule has 0 spiro atoms. The summed E-state index contributed by atoms with van der Waals surface area (Å²) in [6.45, 7) is 3.78. The number of anilines is 2. The highest BCUT2D eigenvalue weighted by Gasteiger charge is 2.13. The van der Waals surface area contributed by atoms with Gasteiger partial charge in [-0.15, -0.1) is 12.4 Å². The molecule has 0 aliphatic rings. The van der Waals surface area contributed by atoms with Crippen LogP contribution in [0.1, 0.15) is 32.1 Å². The molecule has 2 amide bonds. The molecule has 6 nitrogen and oxygen atoms in total. The minimum atomic E-state index is -0.251. The number of fused-ring (bicyclic) bond motifs is 2. The fourth-order valence-corrected chi connectivity index (χ4v) is 3.98. The van der Waals surface area contributed by atoms with Gasteiger partial charge in [-0.2, -0.15) is 0 Å². The minimum absolute atomic E-state index is 0. The lowest BCUT2D eigenvalue weighted by Gasteiger charge is -2.11. The topological polar surface area (TPSA) is 84.0 Å². The molecule has 2 heterocycles. The number of hydrogen-bond donors (Lipinski definition) is 2. The summed E-state index contributed by atoms with van der Waals surface area (Å²) >= 11 is 0. The van der Waals surface area contributed by atoms with E-state index in [4.69, 9.17) is 0 Å². The summed E-state index contributed by atoms with van der Waals surface area (Å²) in [5.41, 5.74) is 5.61. The van der Waals surface area contributed by atoms with Crippen LogP contribution in [0.4, 0.5) is 11.4 Å². The van der Waals surface area contributed by atoms with E-state index in [-0.39, 0.29) is 24.2 Å². The van der Waals surface area contributed by atoms with Crippen LogP contribution in [0.2, 0.25) is 0 Å². The second kappa shape index (κ2) is 9.91. The number of aromatic nitrogens is 2. The lowest BCUT2D eigenvalue weighted by Crippen LogP contribution is -2.15. The van der Waals surface area contributed by atoms with Crippen molar-refractivity contribution in [3.63, 3.8) is 0 Å². The summed E-state index contributed by atoms with van der Waals surface area (Å²) in [6, 6.07) is 25.6. The van der Waals surface area contributed by atoms with Crippen LogP contribution in [0.25, 0.3) is 21.8 Å². The first-order valence-electron chi connectivity index (χ1n) is 10.9. The van der Waals surface area contributed by atoms with Gasteiger partial charge >= 0.3 is 0 Å². The van der Waals surface area contributed by atoms with Crippen molar-refractivity contribution < 1.29 is 9.59 Å². The maximum Gasteiger partial charge on any atom is 0.255 e. The van der Waals surface area contributed by atoms with Gasteiger partial charge in [-0.3, -0.25) is 19.6 Å². The van der Waals surface area contributed by atoms with Gasteiger partial charge in [0, 0.05) is 33.3 Å². The van der Waals surface area contributed by atoms with Crippen LogP contribution in [0.15, 0.2) is 84.9 Å². The summed E-state index contributed by atoms with van der Waals surface area (Å²) < 4.78 is 0. The van der Waals surface area contributed by atoms with Crippen molar-refractivity contribution in [2.24, 2.45) is 0 Å². The van der Waals surface area contributed by atoms with E-state index >= 15 is 0 Å². The lowest BCUT2D eigenvalue weighted by atomic mass is 10.1. The van der Waals surface area contributed by atoms with Gasteiger partial charge in [-0.05, 0) is 62.4 Å². The van der Waals surface area contributed by atoms with Crippen LogP contribution in [-0.4, -0.2) is 21.8 Å². The quantitative estimate of drug-likeness (QED) is 0.313. The van der Waals surface area contributed by atoms with Crippen molar-refractivity contribution in [1.29, 1.82) is 0 Å². The molecule has 5 aromatic rings. The molecule has 0 fully saturated rings. The standard InChI is InChI=1S/C28H22N4O2.ClH/c1-17-15-25(21-7-3-5-9-23(21)29-17)31-27(33)19-11-13-20(14-12-19)28(34)32-26-16-18(2)30-24-10-6-4-8-22(24)26;/h3-16H,1-2H3,(H,29,31,33)(H,30,32,34);1H. The Labute approximate surface area is 208 Å². The van der Waals surface area contributed by atoms with Crippen LogP contribution < -0.4 is 10.6 Å². The highest BCUT2D eigenvalue weighted by Crippen LogP contribution is 2.25. The Balaban J connectivity index is 0.00000289. The number of halogens is 1. The van der Waals surface area contributed by atoms with Crippen molar-refractivity contribution in [2.45, 2.75) is 13.8 Å². The predicted molar refractivity (Wildman–Crippen MR) is 143 cm³/mol. The number of hydrogen-bond acceptors (Lipinski definition) is 4. The Morgan fingerprint density at radius 2 is 0.971 bits per heavy atom. The normalized spacial score (nSPS) is 10.6. The Bertz CT molecular complexity index is 1450. The highest BCUT2D eigenvalue weighted by atomic mass is 35.5. The first-order chi connectivity index (χ1) is 16.5. The third-order valence-electron chi connectivity index (χ3n) is 5.59. The van der Waals surface area contributed by atoms with E-state index in [1.54, 1.807) is 24.3 Å². The van der Waals surface area contributed by atoms with Gasteiger partial charge < -0.3 is 10.6 Å². The van der Waals surface area contributed by atoms with Crippen LogP contribution >= 0.6 is 12.4 Å². The number of aryl methyl sites for hydroxylation is 2. The second-order valence-corrected chi connectivity index (χ2v) is 8.14. The summed E-state index contributed by atoms with van der Waals surface area (Å²) in [4.78, 5) is 34.8. The van der Waals surface area contributed by atoms with Gasteiger partial charge in [0.2, 0.25) is 0 Å². The van der Waals surface area contributed by atoms with Gasteiger partial charge in [0.05, 0.1) is 22.4 Å². The fraction of sp³-hybridized carbons (Fsp3) is 0.0714. The zero-order chi connectivity index (χ0) is 23.7. The van der Waals surface area contributed by atoms with E-state index in [0.29, 0.717) is 22.5 Å². The minimum Gasteiger partial charge on any atom is -0.321 e. The zero-order valence-electron chi connectivity index (χ0n) is 19.2. The van der Waals surface area contributed by atoms with Crippen molar-refractivity contribution in [3.8, 4) is 0 Å². The number of nitrogens with one attached hydrogen (secondary N) is 2. The highest BCUT2D eigenvalue weighted by molar-refractivity contribution is 6.11. The summed E-state index contributed by atoms with van der Waals surface area (Å²) in [5.74, 6) is -0.503. The molecular formula is C28H23ClN4O2. The van der Waals surface area contributed by atoms with E-state index in [1.165, 1.54) is 0 Å². The molecule has 2 N–H and O–H groups in total. The van der Waals surface area contributed by atoms with Gasteiger partial charge in [-0.1, -0.05) is 36.4 Å². The van der Waals surface area contributed by atoms with E-state index in [2.05, 4.69) is 20.6 Å². The van der Waals surface area contributed by atoms with Gasteiger partial charge in [0.25, 0.3) is 11.8 Å². The van der Waals surface area contributed by atoms with E-state index < -0.39 is 0 Å². The van der Waals surface area contributed by atoms with Crippen LogP contribution in [-0.2, 0) is 0 Å². The molecule has 35 heavy (non-hydrogen) atoms. The van der Waals surface area contributed by atoms with Gasteiger partial charge in [0.15, 0.2) is 0 Å². The van der Waals surface area contributed by atoms with Gasteiger partial charge in [0.1, 0.15) is 0 Å². The molecule has 5 rings (SSSR count). The smallest absolute Gasteiger partial charge is 0.255 e. The molecule has 2 aromatic heterocycles. The number of amides is 2. The maximum atomic E-state index is 12.9. The molecule has 0 aliphatic heterocycles. The molecular weight excluding hydrogens is 460 g/mol. The number of para-hydroxylation sites is 2. The van der Waals surface area contributed by atoms with Crippen LogP contribution in [0.3, 0.4) is 0 Å². The average Bonchev–Trinajstić information content (AvgIpc) is 2.84. The Hall–Kier alpha value is -4.29. The molecule has 0 atom stereocenters. The van der Waals surface area contributed by atoms with E-state index in [0.717, 1.165) is 33.2 Å². The number of rotatable bonds is 4. The number of carbonyl (C=O) groups excluding carboxylic acids is 2. The number of nitrogens with zero attached hydrogens (tertiary/aromatic N) is 2. The Morgan fingerprint density at radius 3 is 1.37 bits per heavy atom. The predicted octanol–water partition coefficient (Wildman–Crippen LogP) is 6.33. The molecule has 0 unspecified atom stereocenters. The molecule has 174 valence electrons. The lowest BCUT2D eigenvalue weighted by molar-refractivity contribution is 0.101. The van der Waals surface area contributed by atoms with Gasteiger partial charge in [-0.25, -0.2) is 0 Å². The first-order valence-corrected chi connectivity index (χ1v) is 10.9. The third-order valence-corrected chi connectivity index (χ3v) is 5.59. The van der Waals surface area contributed by atoms with E-state index in [9.17, 15) is 9.59 Å². The molecule has 3 aromatic carbocycles. The number of pyridine rings is 2. The fourth-order valence-electron chi connectivity index (χ4n) is 3.98. The molecule has 7 heteroatoms. The number of carbonyl (C=O) groups is 2. The van der Waals surface area contributed by atoms with Crippen LogP contribution in [0.5, 0.6) is 0 Å². The first kappa shape index (κ1) is 23.9. The van der Waals surface area contributed by atoms with Crippen molar-refractivity contribution in [1.82, 2.24) is 9.97 Å². The second-order valence-electron chi connectivity index (χ2n) is 8.14. The third kappa shape index (κ3) is 4.98. The van der Waals surface area contributed by atoms with E-state index in [1.807, 2.05) is 74.5 Å². The number of benzene rings is 3. The largest absolute Gasteiger partial charge is 0.321 e. The van der Waals surface area contributed by atoms with Crippen molar-refractivity contribution >= 4 is 57.4 Å². The molecule has 0 bridgehead atoms. The average molecular weight is 483 g/mol. The maximum absolute atomic E-state index is 12.9. The zero-order valence-corrected chi connectivity index (χ0v) is 20.0.